The van der Waals surface area contributed by atoms with Crippen molar-refractivity contribution < 1.29 is 4.79 Å². The molecule has 1 radical (unpaired) electrons. The molecule has 0 spiro atoms. The van der Waals surface area contributed by atoms with Crippen LogP contribution in [-0.4, -0.2) is 16.3 Å². The Labute approximate surface area is 53.8 Å². The van der Waals surface area contributed by atoms with Crippen LogP contribution in [0.4, 0.5) is 0 Å². The molecule has 1 heterocycles. The van der Waals surface area contributed by atoms with Crippen LogP contribution in [0.2, 0.25) is 0 Å². The number of hydrogen-bond acceptors (Lipinski definition) is 2. The van der Waals surface area contributed by atoms with Gasteiger partial charge in [-0.1, -0.05) is 0 Å². The lowest BCUT2D eigenvalue weighted by Crippen LogP contribution is -2.10. The molecule has 0 bridgehead atoms. The summed E-state index contributed by atoms with van der Waals surface area (Å²) in [7, 11) is 0. The van der Waals surface area contributed by atoms with Crippen molar-refractivity contribution in [2.75, 3.05) is 5.75 Å². The van der Waals surface area contributed by atoms with Crippen LogP contribution in [0.5, 0.6) is 0 Å². The first-order valence-electron chi connectivity index (χ1n) is 2.63. The number of carbonyl (C=O) groups excluding carboxylic acids is 1. The predicted octanol–water partition coefficient (Wildman–Crippen LogP) is 1.29. The summed E-state index contributed by atoms with van der Waals surface area (Å²) in [5.74, 6) is 0.951. The van der Waals surface area contributed by atoms with E-state index < -0.39 is 0 Å². The van der Waals surface area contributed by atoms with Crippen molar-refractivity contribution in [3.8, 4) is 0 Å². The van der Waals surface area contributed by atoms with Crippen LogP contribution in [0, 0.1) is 6.42 Å². The minimum Gasteiger partial charge on any atom is -0.298 e. The maximum absolute atomic E-state index is 10.6. The molecule has 0 aliphatic carbocycles. The molecule has 0 saturated carbocycles. The first-order valence-corrected chi connectivity index (χ1v) is 3.61. The standard InChI is InChI=1S/C6H9OS/c1-6(2)3-5(7)4-8-6/h3H,4H2,1-2H3. The molecular weight excluding hydrogens is 120 g/mol. The lowest BCUT2D eigenvalue weighted by Gasteiger charge is -2.11. The zero-order valence-corrected chi connectivity index (χ0v) is 5.92. The highest BCUT2D eigenvalue weighted by atomic mass is 32.2. The Hall–Kier alpha value is 0.0200. The van der Waals surface area contributed by atoms with Gasteiger partial charge >= 0.3 is 0 Å². The molecule has 0 atom stereocenters. The molecule has 1 aliphatic heterocycles. The second-order valence-electron chi connectivity index (χ2n) is 2.50. The Kier molecular flexibility index (Phi) is 1.35. The number of Topliss-reactive ketones (excluding diaryl/α,β-unsaturated/α-hetero) is 1. The summed E-state index contributed by atoms with van der Waals surface area (Å²) in [6, 6.07) is 0. The molecule has 1 fully saturated rings. The third kappa shape index (κ3) is 1.25. The van der Waals surface area contributed by atoms with E-state index in [2.05, 4.69) is 13.8 Å². The van der Waals surface area contributed by atoms with Crippen LogP contribution in [0.25, 0.3) is 0 Å². The number of ketones is 1. The highest BCUT2D eigenvalue weighted by Crippen LogP contribution is 2.33. The average Bonchev–Trinajstić information content (AvgIpc) is 1.82. The largest absolute Gasteiger partial charge is 0.298 e. The summed E-state index contributed by atoms with van der Waals surface area (Å²) in [5.41, 5.74) is 0. The number of rotatable bonds is 0. The number of hydrogen-bond donors (Lipinski definition) is 0. The van der Waals surface area contributed by atoms with Crippen molar-refractivity contribution in [1.82, 2.24) is 0 Å². The zero-order chi connectivity index (χ0) is 6.20. The van der Waals surface area contributed by atoms with E-state index in [1.165, 1.54) is 0 Å². The quantitative estimate of drug-likeness (QED) is 0.490. The summed E-state index contributed by atoms with van der Waals surface area (Å²) in [6.45, 7) is 4.12. The average molecular weight is 129 g/mol. The zero-order valence-electron chi connectivity index (χ0n) is 5.10. The summed E-state index contributed by atoms with van der Waals surface area (Å²) in [5, 5.41) is 0. The molecule has 1 rings (SSSR count). The lowest BCUT2D eigenvalue weighted by atomic mass is 10.1. The van der Waals surface area contributed by atoms with Gasteiger partial charge in [0.15, 0.2) is 0 Å². The maximum atomic E-state index is 10.6. The second-order valence-corrected chi connectivity index (χ2v) is 4.13. The third-order valence-electron chi connectivity index (χ3n) is 1.10. The van der Waals surface area contributed by atoms with Gasteiger partial charge in [-0.2, -0.15) is 0 Å². The molecule has 0 aromatic carbocycles. The highest BCUT2D eigenvalue weighted by Gasteiger charge is 2.29. The Morgan fingerprint density at radius 1 is 1.75 bits per heavy atom. The number of thioether (sulfide) groups is 1. The van der Waals surface area contributed by atoms with E-state index in [4.69, 9.17) is 0 Å². The van der Waals surface area contributed by atoms with Crippen molar-refractivity contribution in [2.24, 2.45) is 0 Å². The molecule has 1 saturated heterocycles. The Morgan fingerprint density at radius 2 is 2.38 bits per heavy atom. The van der Waals surface area contributed by atoms with E-state index in [9.17, 15) is 4.79 Å². The summed E-state index contributed by atoms with van der Waals surface area (Å²) in [4.78, 5) is 10.6. The fourth-order valence-electron chi connectivity index (χ4n) is 0.728. The van der Waals surface area contributed by atoms with E-state index in [0.717, 1.165) is 0 Å². The topological polar surface area (TPSA) is 17.1 Å². The van der Waals surface area contributed by atoms with Gasteiger partial charge in [0.25, 0.3) is 0 Å². The Balaban J connectivity index is 2.56. The first kappa shape index (κ1) is 6.14. The molecule has 1 aliphatic rings. The molecule has 8 heavy (non-hydrogen) atoms. The lowest BCUT2D eigenvalue weighted by molar-refractivity contribution is -0.113. The van der Waals surface area contributed by atoms with Gasteiger partial charge in [0, 0.05) is 11.2 Å². The van der Waals surface area contributed by atoms with Gasteiger partial charge < -0.3 is 0 Å². The van der Waals surface area contributed by atoms with Crippen LogP contribution in [0.1, 0.15) is 13.8 Å². The van der Waals surface area contributed by atoms with Gasteiger partial charge in [-0.05, 0) is 13.8 Å². The molecule has 0 amide bonds. The molecule has 2 heteroatoms. The van der Waals surface area contributed by atoms with Gasteiger partial charge in [-0.15, -0.1) is 11.8 Å². The number of carbonyl (C=O) groups is 1. The third-order valence-corrected chi connectivity index (χ3v) is 2.39. The van der Waals surface area contributed by atoms with Crippen molar-refractivity contribution >= 4 is 17.5 Å². The fourth-order valence-corrected chi connectivity index (χ4v) is 1.54. The molecule has 0 aromatic rings. The Morgan fingerprint density at radius 3 is 2.50 bits per heavy atom. The van der Waals surface area contributed by atoms with Gasteiger partial charge in [0.05, 0.1) is 5.75 Å². The minimum atomic E-state index is 0.108. The van der Waals surface area contributed by atoms with E-state index >= 15 is 0 Å². The van der Waals surface area contributed by atoms with Gasteiger partial charge in [0.1, 0.15) is 5.78 Å². The second kappa shape index (κ2) is 1.76. The van der Waals surface area contributed by atoms with Gasteiger partial charge in [-0.25, -0.2) is 0 Å². The van der Waals surface area contributed by atoms with Crippen molar-refractivity contribution in [1.29, 1.82) is 0 Å². The van der Waals surface area contributed by atoms with E-state index in [1.54, 1.807) is 18.2 Å². The van der Waals surface area contributed by atoms with Crippen molar-refractivity contribution in [3.05, 3.63) is 6.42 Å². The molecular formula is C6H9OS. The smallest absolute Gasteiger partial charge is 0.147 e. The van der Waals surface area contributed by atoms with Gasteiger partial charge in [-0.3, -0.25) is 4.79 Å². The monoisotopic (exact) mass is 129 g/mol. The summed E-state index contributed by atoms with van der Waals surface area (Å²) < 4.78 is 0.108. The first-order chi connectivity index (χ1) is 3.60. The van der Waals surface area contributed by atoms with Gasteiger partial charge in [0.2, 0.25) is 0 Å². The van der Waals surface area contributed by atoms with E-state index in [-0.39, 0.29) is 10.5 Å². The molecule has 1 nitrogen and oxygen atoms in total. The van der Waals surface area contributed by atoms with E-state index in [1.807, 2.05) is 0 Å². The SMILES string of the molecule is CC1(C)[CH]C(=O)CS1. The predicted molar refractivity (Wildman–Crippen MR) is 35.8 cm³/mol. The maximum Gasteiger partial charge on any atom is 0.147 e. The minimum absolute atomic E-state index is 0.108. The fraction of sp³-hybridized carbons (Fsp3) is 0.667. The van der Waals surface area contributed by atoms with Crippen LogP contribution in [-0.2, 0) is 4.79 Å². The summed E-state index contributed by atoms with van der Waals surface area (Å²) in [6.07, 6.45) is 1.79. The molecule has 0 aromatic heterocycles. The molecule has 0 unspecified atom stereocenters. The van der Waals surface area contributed by atoms with Crippen LogP contribution >= 0.6 is 11.8 Å². The Bertz CT molecular complexity index is 118. The highest BCUT2D eigenvalue weighted by molar-refractivity contribution is 8.02. The normalized spacial score (nSPS) is 26.5. The van der Waals surface area contributed by atoms with Crippen LogP contribution in [0.15, 0.2) is 0 Å². The van der Waals surface area contributed by atoms with Crippen molar-refractivity contribution in [3.63, 3.8) is 0 Å². The van der Waals surface area contributed by atoms with Crippen molar-refractivity contribution in [2.45, 2.75) is 18.6 Å². The molecule has 0 N–H and O–H groups in total. The molecule has 45 valence electrons. The summed E-state index contributed by atoms with van der Waals surface area (Å²) >= 11 is 1.70. The van der Waals surface area contributed by atoms with Crippen LogP contribution < -0.4 is 0 Å². The van der Waals surface area contributed by atoms with Crippen LogP contribution in [0.3, 0.4) is 0 Å². The van der Waals surface area contributed by atoms with E-state index in [0.29, 0.717) is 5.75 Å².